The van der Waals surface area contributed by atoms with Gasteiger partial charge in [-0.25, -0.2) is 0 Å². The average molecular weight is 143 g/mol. The summed E-state index contributed by atoms with van der Waals surface area (Å²) in [4.78, 5) is 2.27. The van der Waals surface area contributed by atoms with Gasteiger partial charge in [-0.15, -0.1) is 0 Å². The van der Waals surface area contributed by atoms with Gasteiger partial charge in [-0.2, -0.15) is 0 Å². The Kier molecular flexibility index (Phi) is 2.69. The van der Waals surface area contributed by atoms with Gasteiger partial charge in [0.1, 0.15) is 0 Å². The monoisotopic (exact) mass is 143 g/mol. The first-order chi connectivity index (χ1) is 4.74. The maximum atomic E-state index is 8.61. The van der Waals surface area contributed by atoms with E-state index in [1.54, 1.807) is 0 Å². The molecule has 0 unspecified atom stereocenters. The van der Waals surface area contributed by atoms with Crippen LogP contribution < -0.4 is 0 Å². The minimum absolute atomic E-state index is 0.366. The molecule has 1 aliphatic rings. The van der Waals surface area contributed by atoms with Crippen molar-refractivity contribution < 1.29 is 5.11 Å². The number of aliphatic hydroxyl groups excluding tert-OH is 1. The van der Waals surface area contributed by atoms with E-state index in [0.717, 1.165) is 18.4 Å². The maximum Gasteiger partial charge on any atom is 0.0433 e. The molecule has 2 heteroatoms. The molecular weight excluding hydrogens is 126 g/mol. The molecular formula is C8H17NO. The smallest absolute Gasteiger partial charge is 0.0433 e. The van der Waals surface area contributed by atoms with Crippen LogP contribution in [0, 0.1) is 5.92 Å². The Balaban J connectivity index is 2.06. The van der Waals surface area contributed by atoms with Crippen molar-refractivity contribution in [3.63, 3.8) is 0 Å². The maximum absolute atomic E-state index is 8.61. The van der Waals surface area contributed by atoms with E-state index in [-0.39, 0.29) is 0 Å². The van der Waals surface area contributed by atoms with Gasteiger partial charge in [-0.1, -0.05) is 0 Å². The Morgan fingerprint density at radius 1 is 1.40 bits per heavy atom. The normalized spacial score (nSPS) is 32.4. The summed E-state index contributed by atoms with van der Waals surface area (Å²) in [5, 5.41) is 8.61. The summed E-state index contributed by atoms with van der Waals surface area (Å²) in [7, 11) is 4.25. The minimum atomic E-state index is 0.366. The predicted octanol–water partition coefficient (Wildman–Crippen LogP) is 0.709. The zero-order chi connectivity index (χ0) is 7.56. The molecule has 0 aliphatic heterocycles. The van der Waals surface area contributed by atoms with E-state index in [1.165, 1.54) is 12.8 Å². The molecule has 0 atom stereocenters. The molecule has 60 valence electrons. The van der Waals surface area contributed by atoms with Gasteiger partial charge in [-0.3, -0.25) is 0 Å². The van der Waals surface area contributed by atoms with Crippen LogP contribution in [0.2, 0.25) is 0 Å². The summed E-state index contributed by atoms with van der Waals surface area (Å²) in [6.45, 7) is 0.366. The Morgan fingerprint density at radius 3 is 2.40 bits per heavy atom. The van der Waals surface area contributed by atoms with Crippen molar-refractivity contribution in [2.45, 2.75) is 25.3 Å². The second-order valence-electron chi connectivity index (χ2n) is 3.47. The SMILES string of the molecule is CN(C)C1CC(CCO)C1. The topological polar surface area (TPSA) is 23.5 Å². The fraction of sp³-hybridized carbons (Fsp3) is 1.00. The molecule has 1 fully saturated rings. The second-order valence-corrected chi connectivity index (χ2v) is 3.47. The van der Waals surface area contributed by atoms with Crippen LogP contribution in [0.1, 0.15) is 19.3 Å². The molecule has 2 nitrogen and oxygen atoms in total. The molecule has 0 aromatic rings. The van der Waals surface area contributed by atoms with E-state index >= 15 is 0 Å². The van der Waals surface area contributed by atoms with E-state index in [2.05, 4.69) is 19.0 Å². The van der Waals surface area contributed by atoms with Gasteiger partial charge >= 0.3 is 0 Å². The summed E-state index contributed by atoms with van der Waals surface area (Å²) >= 11 is 0. The lowest BCUT2D eigenvalue weighted by Gasteiger charge is -2.39. The zero-order valence-corrected chi connectivity index (χ0v) is 6.88. The highest BCUT2D eigenvalue weighted by Gasteiger charge is 2.29. The van der Waals surface area contributed by atoms with Crippen LogP contribution in [0.5, 0.6) is 0 Å². The third-order valence-corrected chi connectivity index (χ3v) is 2.48. The number of hydrogen-bond acceptors (Lipinski definition) is 2. The van der Waals surface area contributed by atoms with Crippen LogP contribution in [-0.4, -0.2) is 36.8 Å². The van der Waals surface area contributed by atoms with Crippen molar-refractivity contribution in [2.75, 3.05) is 20.7 Å². The van der Waals surface area contributed by atoms with E-state index in [0.29, 0.717) is 6.61 Å². The third-order valence-electron chi connectivity index (χ3n) is 2.48. The van der Waals surface area contributed by atoms with E-state index in [9.17, 15) is 0 Å². The third kappa shape index (κ3) is 1.70. The minimum Gasteiger partial charge on any atom is -0.396 e. The summed E-state index contributed by atoms with van der Waals surface area (Å²) in [5.74, 6) is 0.803. The van der Waals surface area contributed by atoms with Crippen LogP contribution in [0.25, 0.3) is 0 Å². The van der Waals surface area contributed by atoms with Gasteiger partial charge in [-0.05, 0) is 39.3 Å². The van der Waals surface area contributed by atoms with Crippen molar-refractivity contribution in [2.24, 2.45) is 5.92 Å². The quantitative estimate of drug-likeness (QED) is 0.629. The highest BCUT2D eigenvalue weighted by Crippen LogP contribution is 2.32. The fourth-order valence-electron chi connectivity index (χ4n) is 1.54. The van der Waals surface area contributed by atoms with Crippen molar-refractivity contribution in [1.29, 1.82) is 0 Å². The number of hydrogen-bond donors (Lipinski definition) is 1. The molecule has 0 aromatic carbocycles. The zero-order valence-electron chi connectivity index (χ0n) is 6.88. The molecule has 10 heavy (non-hydrogen) atoms. The number of nitrogens with zero attached hydrogens (tertiary/aromatic N) is 1. The second kappa shape index (κ2) is 3.35. The highest BCUT2D eigenvalue weighted by molar-refractivity contribution is 4.84. The molecule has 1 rings (SSSR count). The molecule has 0 spiro atoms. The van der Waals surface area contributed by atoms with Crippen LogP contribution in [0.15, 0.2) is 0 Å². The van der Waals surface area contributed by atoms with Crippen LogP contribution in [0.3, 0.4) is 0 Å². The average Bonchev–Trinajstić information content (AvgIpc) is 1.76. The molecule has 0 heterocycles. The number of rotatable bonds is 3. The fourth-order valence-corrected chi connectivity index (χ4v) is 1.54. The summed E-state index contributed by atoms with van der Waals surface area (Å²) < 4.78 is 0. The van der Waals surface area contributed by atoms with Gasteiger partial charge in [0.25, 0.3) is 0 Å². The summed E-state index contributed by atoms with van der Waals surface area (Å²) in [6.07, 6.45) is 3.57. The van der Waals surface area contributed by atoms with Crippen molar-refractivity contribution >= 4 is 0 Å². The molecule has 0 bridgehead atoms. The molecule has 0 saturated heterocycles. The Hall–Kier alpha value is -0.0800. The largest absolute Gasteiger partial charge is 0.396 e. The van der Waals surface area contributed by atoms with Gasteiger partial charge in [0.15, 0.2) is 0 Å². The van der Waals surface area contributed by atoms with E-state index in [1.807, 2.05) is 0 Å². The van der Waals surface area contributed by atoms with Crippen LogP contribution >= 0.6 is 0 Å². The standard InChI is InChI=1S/C8H17NO/c1-9(2)8-5-7(6-8)3-4-10/h7-8,10H,3-6H2,1-2H3. The summed E-state index contributed by atoms with van der Waals surface area (Å²) in [6, 6.07) is 0.788. The molecule has 1 N–H and O–H groups in total. The van der Waals surface area contributed by atoms with Crippen molar-refractivity contribution in [1.82, 2.24) is 4.90 Å². The highest BCUT2D eigenvalue weighted by atomic mass is 16.3. The summed E-state index contributed by atoms with van der Waals surface area (Å²) in [5.41, 5.74) is 0. The van der Waals surface area contributed by atoms with Gasteiger partial charge in [0.2, 0.25) is 0 Å². The van der Waals surface area contributed by atoms with Gasteiger partial charge < -0.3 is 10.0 Å². The van der Waals surface area contributed by atoms with Gasteiger partial charge in [0, 0.05) is 12.6 Å². The number of aliphatic hydroxyl groups is 1. The first kappa shape index (κ1) is 8.02. The van der Waals surface area contributed by atoms with Crippen molar-refractivity contribution in [3.05, 3.63) is 0 Å². The van der Waals surface area contributed by atoms with E-state index in [4.69, 9.17) is 5.11 Å². The van der Waals surface area contributed by atoms with Crippen molar-refractivity contribution in [3.8, 4) is 0 Å². The lowest BCUT2D eigenvalue weighted by Crippen LogP contribution is -2.40. The Morgan fingerprint density at radius 2 is 2.00 bits per heavy atom. The molecule has 0 amide bonds. The predicted molar refractivity (Wildman–Crippen MR) is 41.9 cm³/mol. The molecule has 0 radical (unpaired) electrons. The van der Waals surface area contributed by atoms with E-state index < -0.39 is 0 Å². The van der Waals surface area contributed by atoms with Gasteiger partial charge in [0.05, 0.1) is 0 Å². The van der Waals surface area contributed by atoms with Crippen LogP contribution in [0.4, 0.5) is 0 Å². The first-order valence-corrected chi connectivity index (χ1v) is 4.01. The lowest BCUT2D eigenvalue weighted by molar-refractivity contribution is 0.101. The first-order valence-electron chi connectivity index (χ1n) is 4.01. The molecule has 1 aliphatic carbocycles. The van der Waals surface area contributed by atoms with Crippen LogP contribution in [-0.2, 0) is 0 Å². The molecule has 1 saturated carbocycles. The Bertz CT molecular complexity index is 97.4. The Labute approximate surface area is 62.8 Å². The lowest BCUT2D eigenvalue weighted by atomic mass is 9.78. The molecule has 0 aromatic heterocycles.